The fourth-order valence-electron chi connectivity index (χ4n) is 3.12. The van der Waals surface area contributed by atoms with E-state index in [-0.39, 0.29) is 11.0 Å². The number of nitrogens with one attached hydrogen (secondary N) is 2. The number of aromatic nitrogens is 4. The van der Waals surface area contributed by atoms with Gasteiger partial charge in [-0.1, -0.05) is 23.8 Å². The molecule has 0 aliphatic heterocycles. The molecular formula is C20H19N5O2S. The molecule has 2 N–H and O–H groups in total. The first-order chi connectivity index (χ1) is 13.5. The molecule has 0 saturated heterocycles. The number of nitrogens with zero attached hydrogens (tertiary/aromatic N) is 3. The molecular weight excluding hydrogens is 374 g/mol. The van der Waals surface area contributed by atoms with Crippen LogP contribution in [0, 0.1) is 13.8 Å². The van der Waals surface area contributed by atoms with Crippen LogP contribution in [0.5, 0.6) is 0 Å². The monoisotopic (exact) mass is 393 g/mol. The molecule has 0 aliphatic carbocycles. The summed E-state index contributed by atoms with van der Waals surface area (Å²) in [5.41, 5.74) is 1.73. The van der Waals surface area contributed by atoms with Gasteiger partial charge >= 0.3 is 5.69 Å². The molecule has 0 bridgehead atoms. The van der Waals surface area contributed by atoms with Crippen molar-refractivity contribution in [1.29, 1.82) is 0 Å². The number of hydrogen-bond donors (Lipinski definition) is 2. The molecule has 4 aromatic rings. The molecule has 0 spiro atoms. The Hall–Kier alpha value is -3.26. The van der Waals surface area contributed by atoms with E-state index >= 15 is 0 Å². The highest BCUT2D eigenvalue weighted by atomic mass is 32.1. The highest BCUT2D eigenvalue weighted by Gasteiger charge is 2.13. The molecule has 0 aliphatic rings. The second kappa shape index (κ2) is 7.40. The van der Waals surface area contributed by atoms with E-state index in [4.69, 9.17) is 0 Å². The fraction of sp³-hybridized carbons (Fsp3) is 0.200. The number of anilines is 1. The Bertz CT molecular complexity index is 1260. The molecule has 3 heterocycles. The summed E-state index contributed by atoms with van der Waals surface area (Å²) in [5.74, 6) is 0.378. The fourth-order valence-corrected chi connectivity index (χ4v) is 3.83. The predicted octanol–water partition coefficient (Wildman–Crippen LogP) is 2.80. The van der Waals surface area contributed by atoms with E-state index in [1.807, 2.05) is 37.4 Å². The Kier molecular flexibility index (Phi) is 4.79. The van der Waals surface area contributed by atoms with Gasteiger partial charge in [0.05, 0.1) is 5.69 Å². The van der Waals surface area contributed by atoms with Crippen LogP contribution in [0.3, 0.4) is 0 Å². The van der Waals surface area contributed by atoms with Gasteiger partial charge in [0.2, 0.25) is 5.95 Å². The van der Waals surface area contributed by atoms with Crippen LogP contribution in [0.15, 0.2) is 51.5 Å². The van der Waals surface area contributed by atoms with Crippen molar-refractivity contribution in [2.45, 2.75) is 20.3 Å². The molecule has 0 saturated carbocycles. The Labute approximate surface area is 164 Å². The Morgan fingerprint density at radius 3 is 2.82 bits per heavy atom. The zero-order valence-electron chi connectivity index (χ0n) is 15.5. The van der Waals surface area contributed by atoms with Crippen LogP contribution in [0.2, 0.25) is 0 Å². The third kappa shape index (κ3) is 3.46. The van der Waals surface area contributed by atoms with Gasteiger partial charge in [-0.05, 0) is 43.3 Å². The van der Waals surface area contributed by atoms with Crippen molar-refractivity contribution in [3.8, 4) is 5.69 Å². The van der Waals surface area contributed by atoms with E-state index < -0.39 is 11.2 Å². The lowest BCUT2D eigenvalue weighted by Gasteiger charge is -2.10. The van der Waals surface area contributed by atoms with Crippen LogP contribution in [-0.4, -0.2) is 26.1 Å². The van der Waals surface area contributed by atoms with Crippen molar-refractivity contribution >= 4 is 28.3 Å². The number of thiophene rings is 1. The Balaban J connectivity index is 1.68. The largest absolute Gasteiger partial charge is 0.354 e. The molecule has 4 rings (SSSR count). The number of benzene rings is 1. The lowest BCUT2D eigenvalue weighted by molar-refractivity contribution is 0.883. The smallest absolute Gasteiger partial charge is 0.334 e. The average Bonchev–Trinajstić information content (AvgIpc) is 3.16. The van der Waals surface area contributed by atoms with Crippen LogP contribution < -0.4 is 16.6 Å². The summed E-state index contributed by atoms with van der Waals surface area (Å²) in [4.78, 5) is 38.0. The van der Waals surface area contributed by atoms with Crippen molar-refractivity contribution in [2.24, 2.45) is 0 Å². The molecule has 1 aromatic carbocycles. The maximum Gasteiger partial charge on any atom is 0.334 e. The normalized spacial score (nSPS) is 11.1. The van der Waals surface area contributed by atoms with E-state index in [0.29, 0.717) is 18.2 Å². The molecule has 0 unspecified atom stereocenters. The second-order valence-corrected chi connectivity index (χ2v) is 7.60. The molecule has 0 atom stereocenters. The molecule has 3 aromatic heterocycles. The number of aryl methyl sites for hydroxylation is 2. The van der Waals surface area contributed by atoms with E-state index in [1.165, 1.54) is 11.1 Å². The summed E-state index contributed by atoms with van der Waals surface area (Å²) in [7, 11) is 0. The van der Waals surface area contributed by atoms with Crippen molar-refractivity contribution in [3.05, 3.63) is 78.8 Å². The summed E-state index contributed by atoms with van der Waals surface area (Å²) in [5, 5.41) is 5.43. The van der Waals surface area contributed by atoms with Gasteiger partial charge in [0, 0.05) is 17.6 Å². The van der Waals surface area contributed by atoms with Gasteiger partial charge in [-0.2, -0.15) is 4.98 Å². The number of rotatable bonds is 5. The van der Waals surface area contributed by atoms with Gasteiger partial charge in [-0.3, -0.25) is 9.78 Å². The van der Waals surface area contributed by atoms with Crippen molar-refractivity contribution in [1.82, 2.24) is 19.5 Å². The first-order valence-electron chi connectivity index (χ1n) is 8.89. The summed E-state index contributed by atoms with van der Waals surface area (Å²) in [6.45, 7) is 4.50. The lowest BCUT2D eigenvalue weighted by Crippen LogP contribution is -2.34. The van der Waals surface area contributed by atoms with Gasteiger partial charge in [0.15, 0.2) is 5.65 Å². The van der Waals surface area contributed by atoms with Crippen LogP contribution in [0.4, 0.5) is 5.95 Å². The van der Waals surface area contributed by atoms with Gasteiger partial charge in [-0.15, -0.1) is 11.3 Å². The van der Waals surface area contributed by atoms with Crippen LogP contribution in [0.25, 0.3) is 16.7 Å². The molecule has 142 valence electrons. The van der Waals surface area contributed by atoms with Crippen LogP contribution in [0.1, 0.15) is 16.0 Å². The van der Waals surface area contributed by atoms with Crippen molar-refractivity contribution < 1.29 is 0 Å². The molecule has 0 amide bonds. The average molecular weight is 393 g/mol. The maximum absolute atomic E-state index is 12.9. The predicted molar refractivity (Wildman–Crippen MR) is 112 cm³/mol. The van der Waals surface area contributed by atoms with Crippen molar-refractivity contribution in [2.75, 3.05) is 11.9 Å². The quantitative estimate of drug-likeness (QED) is 0.544. The van der Waals surface area contributed by atoms with E-state index in [1.54, 1.807) is 17.4 Å². The number of H-pyrrole nitrogens is 1. The SMILES string of the molecule is Cc1ccc(-n2c(=O)[nH]c3nc(NCCc4cccs4)ncc3c2=O)c(C)c1. The lowest BCUT2D eigenvalue weighted by atomic mass is 10.1. The van der Waals surface area contributed by atoms with Gasteiger partial charge < -0.3 is 5.32 Å². The highest BCUT2D eigenvalue weighted by Crippen LogP contribution is 2.14. The van der Waals surface area contributed by atoms with Crippen LogP contribution in [-0.2, 0) is 6.42 Å². The summed E-state index contributed by atoms with van der Waals surface area (Å²) in [6, 6.07) is 9.66. The molecule has 0 fully saturated rings. The van der Waals surface area contributed by atoms with Gasteiger partial charge in [-0.25, -0.2) is 14.3 Å². The first kappa shape index (κ1) is 18.1. The summed E-state index contributed by atoms with van der Waals surface area (Å²) < 4.78 is 1.13. The topological polar surface area (TPSA) is 92.7 Å². The van der Waals surface area contributed by atoms with Crippen molar-refractivity contribution in [3.63, 3.8) is 0 Å². The number of hydrogen-bond acceptors (Lipinski definition) is 6. The second-order valence-electron chi connectivity index (χ2n) is 6.57. The zero-order chi connectivity index (χ0) is 19.7. The van der Waals surface area contributed by atoms with E-state index in [9.17, 15) is 9.59 Å². The van der Waals surface area contributed by atoms with E-state index in [2.05, 4.69) is 26.3 Å². The van der Waals surface area contributed by atoms with Crippen LogP contribution >= 0.6 is 11.3 Å². The Morgan fingerprint density at radius 1 is 1.21 bits per heavy atom. The highest BCUT2D eigenvalue weighted by molar-refractivity contribution is 7.09. The minimum atomic E-state index is -0.521. The first-order valence-corrected chi connectivity index (χ1v) is 9.77. The minimum Gasteiger partial charge on any atom is -0.354 e. The maximum atomic E-state index is 12.9. The van der Waals surface area contributed by atoms with Gasteiger partial charge in [0.25, 0.3) is 5.56 Å². The third-order valence-electron chi connectivity index (χ3n) is 4.48. The molecule has 28 heavy (non-hydrogen) atoms. The summed E-state index contributed by atoms with van der Waals surface area (Å²) >= 11 is 1.69. The molecule has 7 nitrogen and oxygen atoms in total. The number of aromatic amines is 1. The number of fused-ring (bicyclic) bond motifs is 1. The minimum absolute atomic E-state index is 0.227. The molecule has 8 heteroatoms. The zero-order valence-corrected chi connectivity index (χ0v) is 16.3. The summed E-state index contributed by atoms with van der Waals surface area (Å²) in [6.07, 6.45) is 2.30. The standard InChI is InChI=1S/C20H19N5O2S/c1-12-5-6-16(13(2)10-12)25-18(26)15-11-22-19(23-17(15)24-20(25)27)21-8-7-14-4-3-9-28-14/h3-6,9-11H,7-8H2,1-2H3,(H2,21,22,23,24,27). The Morgan fingerprint density at radius 2 is 2.07 bits per heavy atom. The third-order valence-corrected chi connectivity index (χ3v) is 5.41. The van der Waals surface area contributed by atoms with E-state index in [0.717, 1.165) is 22.1 Å². The van der Waals surface area contributed by atoms with Gasteiger partial charge in [0.1, 0.15) is 5.39 Å². The molecule has 0 radical (unpaired) electrons.